The molecule has 0 saturated carbocycles. The number of halogens is 4. The van der Waals surface area contributed by atoms with E-state index in [-0.39, 0.29) is 17.8 Å². The lowest BCUT2D eigenvalue weighted by atomic mass is 10.0. The van der Waals surface area contributed by atoms with E-state index in [1.165, 1.54) is 29.7 Å². The SMILES string of the molecule is CC(NC1CCN(c2ccc(F)cc2)CC1)C(=O)Nc1ccc2c(c1)CCC2.O=C(O)C(F)(F)F. The lowest BCUT2D eigenvalue weighted by molar-refractivity contribution is -0.192. The molecule has 2 aromatic rings. The first kappa shape index (κ1) is 26.5. The van der Waals surface area contributed by atoms with Crippen molar-refractivity contribution in [2.75, 3.05) is 23.3 Å². The summed E-state index contributed by atoms with van der Waals surface area (Å²) in [5, 5.41) is 13.7. The Bertz CT molecular complexity index is 1020. The van der Waals surface area contributed by atoms with Crippen molar-refractivity contribution in [2.45, 2.75) is 57.3 Å². The number of amides is 1. The lowest BCUT2D eigenvalue weighted by Gasteiger charge is -2.35. The van der Waals surface area contributed by atoms with Gasteiger partial charge >= 0.3 is 12.1 Å². The second-order valence-corrected chi connectivity index (χ2v) is 8.76. The molecule has 1 aliphatic carbocycles. The van der Waals surface area contributed by atoms with Crippen LogP contribution in [0.1, 0.15) is 37.3 Å². The van der Waals surface area contributed by atoms with Crippen LogP contribution in [0.15, 0.2) is 42.5 Å². The molecule has 1 fully saturated rings. The topological polar surface area (TPSA) is 81.7 Å². The Morgan fingerprint density at radius 3 is 2.23 bits per heavy atom. The van der Waals surface area contributed by atoms with Crippen LogP contribution in [0, 0.1) is 5.82 Å². The van der Waals surface area contributed by atoms with Gasteiger partial charge in [-0.25, -0.2) is 9.18 Å². The van der Waals surface area contributed by atoms with Gasteiger partial charge in [-0.3, -0.25) is 4.79 Å². The third kappa shape index (κ3) is 7.68. The molecule has 190 valence electrons. The summed E-state index contributed by atoms with van der Waals surface area (Å²) in [7, 11) is 0. The number of alkyl halides is 3. The normalized spacial score (nSPS) is 16.7. The van der Waals surface area contributed by atoms with Crippen molar-refractivity contribution in [3.63, 3.8) is 0 Å². The zero-order valence-electron chi connectivity index (χ0n) is 19.4. The van der Waals surface area contributed by atoms with Gasteiger partial charge in [0.2, 0.25) is 5.91 Å². The van der Waals surface area contributed by atoms with E-state index in [9.17, 15) is 22.4 Å². The number of rotatable bonds is 5. The summed E-state index contributed by atoms with van der Waals surface area (Å²) in [6, 6.07) is 13.0. The summed E-state index contributed by atoms with van der Waals surface area (Å²) in [5.41, 5.74) is 4.73. The molecule has 10 heteroatoms. The van der Waals surface area contributed by atoms with Crippen molar-refractivity contribution in [2.24, 2.45) is 0 Å². The molecule has 1 saturated heterocycles. The van der Waals surface area contributed by atoms with Crippen LogP contribution >= 0.6 is 0 Å². The van der Waals surface area contributed by atoms with E-state index in [1.54, 1.807) is 0 Å². The van der Waals surface area contributed by atoms with Gasteiger partial charge in [-0.15, -0.1) is 0 Å². The summed E-state index contributed by atoms with van der Waals surface area (Å²) in [4.78, 5) is 23.8. The van der Waals surface area contributed by atoms with Crippen molar-refractivity contribution in [3.8, 4) is 0 Å². The number of aryl methyl sites for hydroxylation is 2. The number of carboxylic acids is 1. The van der Waals surface area contributed by atoms with Crippen LogP contribution in [0.5, 0.6) is 0 Å². The Morgan fingerprint density at radius 1 is 1.03 bits per heavy atom. The number of nitrogens with zero attached hydrogens (tertiary/aromatic N) is 1. The lowest BCUT2D eigenvalue weighted by Crippen LogP contribution is -2.49. The van der Waals surface area contributed by atoms with Crippen LogP contribution < -0.4 is 15.5 Å². The molecule has 1 atom stereocenters. The molecule has 4 rings (SSSR count). The molecule has 2 aromatic carbocycles. The molecule has 0 aromatic heterocycles. The molecule has 3 N–H and O–H groups in total. The van der Waals surface area contributed by atoms with Crippen LogP contribution in [0.2, 0.25) is 0 Å². The third-order valence-electron chi connectivity index (χ3n) is 6.17. The summed E-state index contributed by atoms with van der Waals surface area (Å²) in [6.45, 7) is 3.74. The van der Waals surface area contributed by atoms with E-state index in [1.807, 2.05) is 25.1 Å². The van der Waals surface area contributed by atoms with E-state index >= 15 is 0 Å². The molecular weight excluding hydrogens is 466 g/mol. The quantitative estimate of drug-likeness (QED) is 0.531. The standard InChI is InChI=1S/C23H28FN3O.C2HF3O2/c1-16(23(28)26-21-8-5-17-3-2-4-18(17)15-21)25-20-11-13-27(14-12-20)22-9-6-19(24)7-10-22;3-2(4,5)1(6)7/h5-10,15-16,20,25H,2-4,11-14H2,1H3,(H,26,28);(H,6,7). The van der Waals surface area contributed by atoms with Gasteiger partial charge in [0, 0.05) is 30.5 Å². The van der Waals surface area contributed by atoms with Gasteiger partial charge < -0.3 is 20.6 Å². The van der Waals surface area contributed by atoms with Gasteiger partial charge in [-0.05, 0) is 86.6 Å². The van der Waals surface area contributed by atoms with Crippen LogP contribution in [-0.2, 0) is 22.4 Å². The average molecular weight is 496 g/mol. The summed E-state index contributed by atoms with van der Waals surface area (Å²) in [6.07, 6.45) is 0.320. The second-order valence-electron chi connectivity index (χ2n) is 8.76. The monoisotopic (exact) mass is 495 g/mol. The van der Waals surface area contributed by atoms with Crippen molar-refractivity contribution in [3.05, 3.63) is 59.4 Å². The molecule has 0 bridgehead atoms. The van der Waals surface area contributed by atoms with Crippen LogP contribution in [0.4, 0.5) is 28.9 Å². The Balaban J connectivity index is 0.000000429. The van der Waals surface area contributed by atoms with Crippen LogP contribution in [-0.4, -0.2) is 48.3 Å². The minimum absolute atomic E-state index is 0.0129. The first-order chi connectivity index (χ1) is 16.5. The largest absolute Gasteiger partial charge is 0.490 e. The first-order valence-electron chi connectivity index (χ1n) is 11.5. The highest BCUT2D eigenvalue weighted by atomic mass is 19.4. The minimum atomic E-state index is -5.08. The maximum atomic E-state index is 13.1. The Hall–Kier alpha value is -3.14. The number of anilines is 2. The maximum absolute atomic E-state index is 13.1. The van der Waals surface area contributed by atoms with E-state index < -0.39 is 12.1 Å². The number of benzene rings is 2. The number of nitrogens with one attached hydrogen (secondary N) is 2. The van der Waals surface area contributed by atoms with Crippen molar-refractivity contribution in [1.82, 2.24) is 5.32 Å². The summed E-state index contributed by atoms with van der Waals surface area (Å²) < 4.78 is 44.8. The highest BCUT2D eigenvalue weighted by molar-refractivity contribution is 5.94. The molecule has 6 nitrogen and oxygen atoms in total. The maximum Gasteiger partial charge on any atom is 0.490 e. The van der Waals surface area contributed by atoms with Crippen LogP contribution in [0.25, 0.3) is 0 Å². The third-order valence-corrected chi connectivity index (χ3v) is 6.17. The molecule has 1 aliphatic heterocycles. The smallest absolute Gasteiger partial charge is 0.475 e. The molecule has 0 radical (unpaired) electrons. The fourth-order valence-corrected chi connectivity index (χ4v) is 4.29. The van der Waals surface area contributed by atoms with Crippen molar-refractivity contribution < 1.29 is 32.3 Å². The van der Waals surface area contributed by atoms with Crippen molar-refractivity contribution >= 4 is 23.3 Å². The van der Waals surface area contributed by atoms with E-state index in [4.69, 9.17) is 9.90 Å². The molecule has 1 heterocycles. The van der Waals surface area contributed by atoms with Gasteiger partial charge in [-0.1, -0.05) is 6.07 Å². The first-order valence-corrected chi connectivity index (χ1v) is 11.5. The van der Waals surface area contributed by atoms with Gasteiger partial charge in [-0.2, -0.15) is 13.2 Å². The Labute approximate surface area is 201 Å². The second kappa shape index (κ2) is 11.5. The van der Waals surface area contributed by atoms with E-state index in [0.29, 0.717) is 6.04 Å². The van der Waals surface area contributed by atoms with Crippen LogP contribution in [0.3, 0.4) is 0 Å². The van der Waals surface area contributed by atoms with Gasteiger partial charge in [0.25, 0.3) is 0 Å². The molecule has 0 spiro atoms. The number of carbonyl (C=O) groups is 2. The van der Waals surface area contributed by atoms with Gasteiger partial charge in [0.1, 0.15) is 5.82 Å². The number of carboxylic acid groups (broad SMARTS) is 1. The number of hydrogen-bond donors (Lipinski definition) is 3. The van der Waals surface area contributed by atoms with Crippen molar-refractivity contribution in [1.29, 1.82) is 0 Å². The zero-order valence-corrected chi connectivity index (χ0v) is 19.4. The average Bonchev–Trinajstić information content (AvgIpc) is 3.28. The molecule has 1 unspecified atom stereocenters. The van der Waals surface area contributed by atoms with Gasteiger partial charge in [0.15, 0.2) is 0 Å². The Kier molecular flexibility index (Phi) is 8.71. The zero-order chi connectivity index (χ0) is 25.6. The summed E-state index contributed by atoms with van der Waals surface area (Å²) >= 11 is 0. The number of hydrogen-bond acceptors (Lipinski definition) is 4. The molecule has 35 heavy (non-hydrogen) atoms. The molecule has 1 amide bonds. The number of aliphatic carboxylic acids is 1. The number of carbonyl (C=O) groups excluding carboxylic acids is 1. The minimum Gasteiger partial charge on any atom is -0.475 e. The van der Waals surface area contributed by atoms with E-state index in [2.05, 4.69) is 27.7 Å². The predicted octanol–water partition coefficient (Wildman–Crippen LogP) is 4.53. The predicted molar refractivity (Wildman–Crippen MR) is 125 cm³/mol. The van der Waals surface area contributed by atoms with Gasteiger partial charge in [0.05, 0.1) is 6.04 Å². The van der Waals surface area contributed by atoms with E-state index in [0.717, 1.165) is 50.1 Å². The highest BCUT2D eigenvalue weighted by Gasteiger charge is 2.38. The molecular formula is C25H29F4N3O3. The number of piperidine rings is 1. The highest BCUT2D eigenvalue weighted by Crippen LogP contribution is 2.25. The molecule has 2 aliphatic rings. The Morgan fingerprint density at radius 2 is 1.63 bits per heavy atom. The summed E-state index contributed by atoms with van der Waals surface area (Å²) in [5.74, 6) is -2.95. The fourth-order valence-electron chi connectivity index (χ4n) is 4.29. The number of fused-ring (bicyclic) bond motifs is 1. The fraction of sp³-hybridized carbons (Fsp3) is 0.440.